The predicted octanol–water partition coefficient (Wildman–Crippen LogP) is 4.48. The highest BCUT2D eigenvalue weighted by Crippen LogP contribution is 2.29. The van der Waals surface area contributed by atoms with Crippen LogP contribution in [-0.2, 0) is 19.1 Å². The number of carboxylic acids is 1. The summed E-state index contributed by atoms with van der Waals surface area (Å²) in [5, 5.41) is 13.0. The van der Waals surface area contributed by atoms with E-state index < -0.39 is 36.0 Å². The summed E-state index contributed by atoms with van der Waals surface area (Å²) in [5.74, 6) is -4.46. The van der Waals surface area contributed by atoms with E-state index in [1.165, 1.54) is 74.9 Å². The van der Waals surface area contributed by atoms with Gasteiger partial charge in [-0.25, -0.2) is 14.4 Å². The Hall–Kier alpha value is -4.28. The van der Waals surface area contributed by atoms with Crippen molar-refractivity contribution in [2.24, 2.45) is 0 Å². The van der Waals surface area contributed by atoms with Crippen LogP contribution in [0, 0.1) is 0 Å². The van der Waals surface area contributed by atoms with Gasteiger partial charge in [-0.2, -0.15) is 0 Å². The molecular formula is C26H21Cl2NO9. The van der Waals surface area contributed by atoms with Gasteiger partial charge in [0, 0.05) is 16.1 Å². The number of carbonyl (C=O) groups is 4. The Morgan fingerprint density at radius 2 is 1.24 bits per heavy atom. The molecule has 10 nitrogen and oxygen atoms in total. The minimum atomic E-state index is -2.23. The number of hydrogen-bond acceptors (Lipinski definition) is 8. The standard InChI is InChI=1S/C26H21Cl2NO9/c1-35-18-11-12-20(36-2)19(13-18)29-23(30)21(37-25(33)14-3-7-16(27)8-4-14)22(24(31)32)38-26(34)15-5-9-17(28)10-6-15/h3-13,21-22H,1-2H3,(H,29,30)(H,31,32)/t21-,22-/m1/s1. The number of methoxy groups -OCH3 is 2. The first kappa shape index (κ1) is 28.3. The zero-order valence-corrected chi connectivity index (χ0v) is 21.5. The molecule has 3 aromatic carbocycles. The number of carbonyl (C=O) groups excluding carboxylic acids is 3. The molecule has 3 rings (SSSR count). The van der Waals surface area contributed by atoms with Gasteiger partial charge in [0.1, 0.15) is 11.5 Å². The molecule has 0 aliphatic heterocycles. The van der Waals surface area contributed by atoms with Crippen LogP contribution in [0.15, 0.2) is 66.7 Å². The van der Waals surface area contributed by atoms with Crippen molar-refractivity contribution in [1.82, 2.24) is 0 Å². The molecular weight excluding hydrogens is 541 g/mol. The van der Waals surface area contributed by atoms with Gasteiger partial charge < -0.3 is 29.4 Å². The number of nitrogens with one attached hydrogen (secondary N) is 1. The second-order valence-electron chi connectivity index (χ2n) is 7.56. The first-order valence-electron chi connectivity index (χ1n) is 10.8. The number of hydrogen-bond donors (Lipinski definition) is 2. The van der Waals surface area contributed by atoms with Crippen LogP contribution in [0.3, 0.4) is 0 Å². The molecule has 0 fully saturated rings. The highest BCUT2D eigenvalue weighted by Gasteiger charge is 2.41. The van der Waals surface area contributed by atoms with Crippen molar-refractivity contribution in [3.05, 3.63) is 87.9 Å². The quantitative estimate of drug-likeness (QED) is 0.343. The van der Waals surface area contributed by atoms with Gasteiger partial charge >= 0.3 is 17.9 Å². The molecule has 0 heterocycles. The highest BCUT2D eigenvalue weighted by molar-refractivity contribution is 6.31. The van der Waals surface area contributed by atoms with E-state index in [0.717, 1.165) is 0 Å². The van der Waals surface area contributed by atoms with Crippen molar-refractivity contribution < 1.29 is 43.2 Å². The monoisotopic (exact) mass is 561 g/mol. The predicted molar refractivity (Wildman–Crippen MR) is 137 cm³/mol. The summed E-state index contributed by atoms with van der Waals surface area (Å²) in [6.45, 7) is 0. The Morgan fingerprint density at radius 1 is 0.737 bits per heavy atom. The van der Waals surface area contributed by atoms with Crippen LogP contribution >= 0.6 is 23.2 Å². The van der Waals surface area contributed by atoms with Crippen LogP contribution in [-0.4, -0.2) is 55.3 Å². The summed E-state index contributed by atoms with van der Waals surface area (Å²) >= 11 is 11.7. The molecule has 38 heavy (non-hydrogen) atoms. The molecule has 0 bridgehead atoms. The maximum atomic E-state index is 13.3. The minimum absolute atomic E-state index is 0.0284. The van der Waals surface area contributed by atoms with Crippen LogP contribution < -0.4 is 14.8 Å². The third-order valence-corrected chi connectivity index (χ3v) is 5.57. The number of carboxylic acid groups (broad SMARTS) is 1. The zero-order valence-electron chi connectivity index (χ0n) is 20.0. The smallest absolute Gasteiger partial charge is 0.349 e. The van der Waals surface area contributed by atoms with E-state index in [9.17, 15) is 24.3 Å². The number of anilines is 1. The maximum Gasteiger partial charge on any atom is 0.349 e. The number of esters is 2. The molecule has 2 N–H and O–H groups in total. The van der Waals surface area contributed by atoms with E-state index in [-0.39, 0.29) is 22.6 Å². The number of halogens is 2. The lowest BCUT2D eigenvalue weighted by Gasteiger charge is -2.24. The van der Waals surface area contributed by atoms with Crippen molar-refractivity contribution in [2.75, 3.05) is 19.5 Å². The molecule has 0 saturated carbocycles. The SMILES string of the molecule is COc1ccc(OC)c(NC(=O)[C@H](OC(=O)c2ccc(Cl)cc2)[C@@H](OC(=O)c2ccc(Cl)cc2)C(=O)O)c1. The van der Waals surface area contributed by atoms with Crippen LogP contribution in [0.5, 0.6) is 11.5 Å². The molecule has 198 valence electrons. The largest absolute Gasteiger partial charge is 0.497 e. The first-order chi connectivity index (χ1) is 18.1. The molecule has 0 unspecified atom stereocenters. The van der Waals surface area contributed by atoms with Gasteiger partial charge in [0.25, 0.3) is 5.91 Å². The Morgan fingerprint density at radius 3 is 1.68 bits per heavy atom. The van der Waals surface area contributed by atoms with Crippen LogP contribution in [0.4, 0.5) is 5.69 Å². The average molecular weight is 562 g/mol. The average Bonchev–Trinajstić information content (AvgIpc) is 2.90. The van der Waals surface area contributed by atoms with Gasteiger partial charge in [0.15, 0.2) is 0 Å². The summed E-state index contributed by atoms with van der Waals surface area (Å²) < 4.78 is 20.8. The van der Waals surface area contributed by atoms with E-state index >= 15 is 0 Å². The molecule has 1 amide bonds. The normalized spacial score (nSPS) is 12.0. The Bertz CT molecular complexity index is 1330. The zero-order chi connectivity index (χ0) is 27.8. The fraction of sp³-hybridized carbons (Fsp3) is 0.154. The summed E-state index contributed by atoms with van der Waals surface area (Å²) in [6.07, 6.45) is -4.35. The Labute approximate surface area is 227 Å². The van der Waals surface area contributed by atoms with Crippen LogP contribution in [0.25, 0.3) is 0 Å². The molecule has 2 atom stereocenters. The van der Waals surface area contributed by atoms with Crippen molar-refractivity contribution in [1.29, 1.82) is 0 Å². The molecule has 0 spiro atoms. The fourth-order valence-electron chi connectivity index (χ4n) is 3.15. The van der Waals surface area contributed by atoms with Crippen molar-refractivity contribution >= 4 is 52.7 Å². The molecule has 3 aromatic rings. The van der Waals surface area contributed by atoms with Gasteiger partial charge in [-0.1, -0.05) is 23.2 Å². The van der Waals surface area contributed by atoms with Gasteiger partial charge in [-0.3, -0.25) is 4.79 Å². The molecule has 0 saturated heterocycles. The molecule has 12 heteroatoms. The highest BCUT2D eigenvalue weighted by atomic mass is 35.5. The van der Waals surface area contributed by atoms with Gasteiger partial charge in [-0.15, -0.1) is 0 Å². The summed E-state index contributed by atoms with van der Waals surface area (Å²) in [7, 11) is 2.75. The number of benzene rings is 3. The second-order valence-corrected chi connectivity index (χ2v) is 8.43. The first-order valence-corrected chi connectivity index (χ1v) is 11.6. The topological polar surface area (TPSA) is 137 Å². The number of aliphatic carboxylic acids is 1. The molecule has 0 radical (unpaired) electrons. The summed E-state index contributed by atoms with van der Waals surface area (Å²) in [5.41, 5.74) is 0.00943. The van der Waals surface area contributed by atoms with Crippen molar-refractivity contribution in [2.45, 2.75) is 12.2 Å². The van der Waals surface area contributed by atoms with E-state index in [0.29, 0.717) is 15.8 Å². The summed E-state index contributed by atoms with van der Waals surface area (Å²) in [4.78, 5) is 51.0. The van der Waals surface area contributed by atoms with E-state index in [4.69, 9.17) is 42.1 Å². The second kappa shape index (κ2) is 12.8. The lowest BCUT2D eigenvalue weighted by atomic mass is 10.1. The lowest BCUT2D eigenvalue weighted by molar-refractivity contribution is -0.157. The number of ether oxygens (including phenoxy) is 4. The van der Waals surface area contributed by atoms with Crippen LogP contribution in [0.2, 0.25) is 10.0 Å². The number of rotatable bonds is 10. The van der Waals surface area contributed by atoms with E-state index in [1.54, 1.807) is 6.07 Å². The Balaban J connectivity index is 1.96. The van der Waals surface area contributed by atoms with Crippen molar-refractivity contribution in [3.63, 3.8) is 0 Å². The minimum Gasteiger partial charge on any atom is -0.497 e. The summed E-state index contributed by atoms with van der Waals surface area (Å²) in [6, 6.07) is 15.3. The third kappa shape index (κ3) is 7.15. The maximum absolute atomic E-state index is 13.3. The lowest BCUT2D eigenvalue weighted by Crippen LogP contribution is -2.48. The molecule has 0 aliphatic rings. The number of amides is 1. The van der Waals surface area contributed by atoms with Gasteiger partial charge in [0.05, 0.1) is 31.0 Å². The van der Waals surface area contributed by atoms with E-state index in [1.807, 2.05) is 0 Å². The molecule has 0 aromatic heterocycles. The Kier molecular flexibility index (Phi) is 9.53. The van der Waals surface area contributed by atoms with E-state index in [2.05, 4.69) is 5.32 Å². The van der Waals surface area contributed by atoms with Crippen LogP contribution in [0.1, 0.15) is 20.7 Å². The van der Waals surface area contributed by atoms with Gasteiger partial charge in [-0.05, 0) is 60.7 Å². The third-order valence-electron chi connectivity index (χ3n) is 5.07. The van der Waals surface area contributed by atoms with Crippen molar-refractivity contribution in [3.8, 4) is 11.5 Å². The molecule has 0 aliphatic carbocycles. The fourth-order valence-corrected chi connectivity index (χ4v) is 3.40. The van der Waals surface area contributed by atoms with Gasteiger partial charge in [0.2, 0.25) is 12.2 Å².